The average molecular weight is 271 g/mol. The molecule has 1 atom stereocenters. The Morgan fingerprint density at radius 2 is 1.95 bits per heavy atom. The molecule has 0 saturated heterocycles. The Labute approximate surface area is 116 Å². The molecular formula is C16H14FNO2. The number of benzene rings is 2. The van der Waals surface area contributed by atoms with Crippen molar-refractivity contribution in [1.29, 1.82) is 5.26 Å². The van der Waals surface area contributed by atoms with Gasteiger partial charge in [0.25, 0.3) is 0 Å². The van der Waals surface area contributed by atoms with Crippen LogP contribution in [0.5, 0.6) is 5.75 Å². The van der Waals surface area contributed by atoms with E-state index in [0.717, 1.165) is 5.56 Å². The third-order valence-corrected chi connectivity index (χ3v) is 2.91. The second kappa shape index (κ2) is 6.18. The van der Waals surface area contributed by atoms with Gasteiger partial charge in [-0.15, -0.1) is 0 Å². The van der Waals surface area contributed by atoms with Crippen LogP contribution < -0.4 is 4.74 Å². The van der Waals surface area contributed by atoms with E-state index in [9.17, 15) is 9.50 Å². The number of nitriles is 1. The lowest BCUT2D eigenvalue weighted by atomic mass is 10.1. The number of hydrogen-bond donors (Lipinski definition) is 1. The first-order chi connectivity index (χ1) is 9.60. The monoisotopic (exact) mass is 271 g/mol. The fourth-order valence-corrected chi connectivity index (χ4v) is 1.78. The quantitative estimate of drug-likeness (QED) is 0.928. The van der Waals surface area contributed by atoms with E-state index < -0.39 is 11.9 Å². The molecule has 2 rings (SSSR count). The van der Waals surface area contributed by atoms with Crippen molar-refractivity contribution in [3.63, 3.8) is 0 Å². The summed E-state index contributed by atoms with van der Waals surface area (Å²) in [5.41, 5.74) is 1.72. The molecule has 0 bridgehead atoms. The lowest BCUT2D eigenvalue weighted by Crippen LogP contribution is -1.99. The van der Waals surface area contributed by atoms with Crippen LogP contribution in [0.25, 0.3) is 0 Å². The average Bonchev–Trinajstić information content (AvgIpc) is 2.45. The van der Waals surface area contributed by atoms with Gasteiger partial charge in [0.15, 0.2) is 0 Å². The Morgan fingerprint density at radius 1 is 1.25 bits per heavy atom. The number of ether oxygens (including phenoxy) is 1. The molecule has 3 nitrogen and oxygen atoms in total. The summed E-state index contributed by atoms with van der Waals surface area (Å²) >= 11 is 0. The summed E-state index contributed by atoms with van der Waals surface area (Å²) in [4.78, 5) is 0. The fraction of sp³-hybridized carbons (Fsp3) is 0.188. The Balaban J connectivity index is 2.03. The zero-order valence-corrected chi connectivity index (χ0v) is 11.0. The lowest BCUT2D eigenvalue weighted by molar-refractivity contribution is 0.194. The smallest absolute Gasteiger partial charge is 0.132 e. The molecule has 0 amide bonds. The van der Waals surface area contributed by atoms with Gasteiger partial charge in [0.05, 0.1) is 17.7 Å². The number of nitrogens with zero attached hydrogens (tertiary/aromatic N) is 1. The molecule has 1 N–H and O–H groups in total. The molecule has 0 radical (unpaired) electrons. The number of aliphatic hydroxyl groups is 1. The molecule has 2 aromatic carbocycles. The fourth-order valence-electron chi connectivity index (χ4n) is 1.78. The first-order valence-corrected chi connectivity index (χ1v) is 6.19. The molecule has 20 heavy (non-hydrogen) atoms. The maximum absolute atomic E-state index is 13.6. The minimum Gasteiger partial charge on any atom is -0.489 e. The van der Waals surface area contributed by atoms with Crippen molar-refractivity contribution in [1.82, 2.24) is 0 Å². The predicted molar refractivity (Wildman–Crippen MR) is 72.5 cm³/mol. The molecule has 102 valence electrons. The third-order valence-electron chi connectivity index (χ3n) is 2.91. The minimum atomic E-state index is -0.845. The summed E-state index contributed by atoms with van der Waals surface area (Å²) in [6.07, 6.45) is -0.845. The van der Waals surface area contributed by atoms with Gasteiger partial charge in [-0.05, 0) is 36.8 Å². The van der Waals surface area contributed by atoms with E-state index in [1.165, 1.54) is 19.1 Å². The van der Waals surface area contributed by atoms with Crippen LogP contribution in [-0.4, -0.2) is 5.11 Å². The Morgan fingerprint density at radius 3 is 2.50 bits per heavy atom. The molecule has 0 saturated carbocycles. The highest BCUT2D eigenvalue weighted by Gasteiger charge is 2.09. The van der Waals surface area contributed by atoms with Gasteiger partial charge in [0.1, 0.15) is 18.2 Å². The molecule has 1 unspecified atom stereocenters. The highest BCUT2D eigenvalue weighted by atomic mass is 19.1. The summed E-state index contributed by atoms with van der Waals surface area (Å²) in [5.74, 6) is -0.0893. The summed E-state index contributed by atoms with van der Waals surface area (Å²) in [6, 6.07) is 13.4. The molecule has 0 spiro atoms. The van der Waals surface area contributed by atoms with Gasteiger partial charge in [0.2, 0.25) is 0 Å². The lowest BCUT2D eigenvalue weighted by Gasteiger charge is -2.10. The highest BCUT2D eigenvalue weighted by molar-refractivity contribution is 5.33. The van der Waals surface area contributed by atoms with Gasteiger partial charge in [0, 0.05) is 11.6 Å². The summed E-state index contributed by atoms with van der Waals surface area (Å²) < 4.78 is 19.1. The van der Waals surface area contributed by atoms with E-state index in [1.807, 2.05) is 6.07 Å². The number of rotatable bonds is 4. The maximum atomic E-state index is 13.6. The van der Waals surface area contributed by atoms with E-state index in [-0.39, 0.29) is 5.56 Å². The third kappa shape index (κ3) is 3.34. The number of halogens is 1. The maximum Gasteiger partial charge on any atom is 0.132 e. The van der Waals surface area contributed by atoms with Gasteiger partial charge in [-0.1, -0.05) is 12.1 Å². The topological polar surface area (TPSA) is 53.2 Å². The van der Waals surface area contributed by atoms with Gasteiger partial charge in [-0.3, -0.25) is 0 Å². The Bertz CT molecular complexity index is 630. The Hall–Kier alpha value is -2.38. The van der Waals surface area contributed by atoms with Crippen LogP contribution in [0, 0.1) is 17.1 Å². The summed E-state index contributed by atoms with van der Waals surface area (Å²) in [6.45, 7) is 1.80. The van der Waals surface area contributed by atoms with Crippen molar-refractivity contribution < 1.29 is 14.2 Å². The van der Waals surface area contributed by atoms with E-state index in [1.54, 1.807) is 30.3 Å². The van der Waals surface area contributed by atoms with Crippen LogP contribution in [0.3, 0.4) is 0 Å². The van der Waals surface area contributed by atoms with Crippen molar-refractivity contribution >= 4 is 0 Å². The SMILES string of the molecule is CC(O)c1ccc(OCc2ccc(C#N)cc2)cc1F. The van der Waals surface area contributed by atoms with E-state index in [4.69, 9.17) is 10.00 Å². The molecule has 2 aromatic rings. The van der Waals surface area contributed by atoms with Gasteiger partial charge in [-0.25, -0.2) is 4.39 Å². The van der Waals surface area contributed by atoms with Crippen molar-refractivity contribution in [2.24, 2.45) is 0 Å². The molecule has 0 aliphatic heterocycles. The zero-order valence-electron chi connectivity index (χ0n) is 11.0. The van der Waals surface area contributed by atoms with Crippen molar-refractivity contribution in [2.75, 3.05) is 0 Å². The van der Waals surface area contributed by atoms with Crippen LogP contribution in [0.4, 0.5) is 4.39 Å². The van der Waals surface area contributed by atoms with Crippen LogP contribution in [0.15, 0.2) is 42.5 Å². The zero-order chi connectivity index (χ0) is 14.5. The minimum absolute atomic E-state index is 0.246. The molecule has 0 heterocycles. The number of aliphatic hydroxyl groups excluding tert-OH is 1. The van der Waals surface area contributed by atoms with Crippen LogP contribution in [0.2, 0.25) is 0 Å². The van der Waals surface area contributed by atoms with Crippen molar-refractivity contribution in [2.45, 2.75) is 19.6 Å². The predicted octanol–water partition coefficient (Wildman–Crippen LogP) is 3.33. The Kier molecular flexibility index (Phi) is 4.34. The molecule has 0 aliphatic carbocycles. The van der Waals surface area contributed by atoms with E-state index >= 15 is 0 Å². The van der Waals surface area contributed by atoms with Crippen LogP contribution >= 0.6 is 0 Å². The van der Waals surface area contributed by atoms with Gasteiger partial charge >= 0.3 is 0 Å². The molecule has 0 aromatic heterocycles. The molecular weight excluding hydrogens is 257 g/mol. The van der Waals surface area contributed by atoms with Crippen molar-refractivity contribution in [3.8, 4) is 11.8 Å². The summed E-state index contributed by atoms with van der Waals surface area (Å²) in [5, 5.41) is 18.0. The highest BCUT2D eigenvalue weighted by Crippen LogP contribution is 2.22. The first kappa shape index (κ1) is 14.0. The molecule has 4 heteroatoms. The van der Waals surface area contributed by atoms with Crippen molar-refractivity contribution in [3.05, 3.63) is 65.0 Å². The largest absolute Gasteiger partial charge is 0.489 e. The van der Waals surface area contributed by atoms with E-state index in [0.29, 0.717) is 17.9 Å². The molecule has 0 fully saturated rings. The molecule has 0 aliphatic rings. The second-order valence-electron chi connectivity index (χ2n) is 4.46. The number of hydrogen-bond acceptors (Lipinski definition) is 3. The normalized spacial score (nSPS) is 11.7. The van der Waals surface area contributed by atoms with Gasteiger partial charge in [-0.2, -0.15) is 5.26 Å². The van der Waals surface area contributed by atoms with Crippen LogP contribution in [-0.2, 0) is 6.61 Å². The first-order valence-electron chi connectivity index (χ1n) is 6.19. The van der Waals surface area contributed by atoms with Gasteiger partial charge < -0.3 is 9.84 Å². The van der Waals surface area contributed by atoms with Crippen LogP contribution in [0.1, 0.15) is 29.7 Å². The summed E-state index contributed by atoms with van der Waals surface area (Å²) in [7, 11) is 0. The standard InChI is InChI=1S/C16H14FNO2/c1-11(19)15-7-6-14(8-16(15)17)20-10-13-4-2-12(9-18)3-5-13/h2-8,11,19H,10H2,1H3. The van der Waals surface area contributed by atoms with E-state index in [2.05, 4.69) is 0 Å². The second-order valence-corrected chi connectivity index (χ2v) is 4.46.